The van der Waals surface area contributed by atoms with Gasteiger partial charge >= 0.3 is 23.9 Å². The van der Waals surface area contributed by atoms with Crippen LogP contribution in [0.2, 0.25) is 0 Å². The summed E-state index contributed by atoms with van der Waals surface area (Å²) in [6.07, 6.45) is 13.7. The van der Waals surface area contributed by atoms with E-state index in [1.807, 2.05) is 6.08 Å². The average molecular weight is 561 g/mol. The number of carbonyl (C=O) groups is 4. The Balaban J connectivity index is 3.88. The van der Waals surface area contributed by atoms with Crippen LogP contribution in [0.5, 0.6) is 0 Å². The lowest BCUT2D eigenvalue weighted by molar-refractivity contribution is -0.180. The highest BCUT2D eigenvalue weighted by Gasteiger charge is 2.59. The predicted octanol–water partition coefficient (Wildman–Crippen LogP) is 6.06. The molecule has 0 amide bonds. The zero-order valence-electron chi connectivity index (χ0n) is 24.8. The quantitative estimate of drug-likeness (QED) is 0.0655. The van der Waals surface area contributed by atoms with Crippen LogP contribution in [0.4, 0.5) is 0 Å². The van der Waals surface area contributed by atoms with Gasteiger partial charge in [-0.3, -0.25) is 19.2 Å². The molecule has 0 aliphatic heterocycles. The minimum Gasteiger partial charge on any atom is -0.465 e. The number of rotatable bonds is 18. The van der Waals surface area contributed by atoms with Crippen molar-refractivity contribution in [2.75, 3.05) is 26.4 Å². The molecule has 224 valence electrons. The molecular formula is C32H48O8. The first kappa shape index (κ1) is 34.9. The molecule has 0 spiro atoms. The fourth-order valence-corrected chi connectivity index (χ4v) is 5.46. The van der Waals surface area contributed by atoms with E-state index in [0.29, 0.717) is 32.1 Å². The van der Waals surface area contributed by atoms with Crippen molar-refractivity contribution in [1.82, 2.24) is 0 Å². The topological polar surface area (TPSA) is 105 Å². The summed E-state index contributed by atoms with van der Waals surface area (Å²) < 4.78 is 22.0. The van der Waals surface area contributed by atoms with E-state index in [9.17, 15) is 19.2 Å². The highest BCUT2D eigenvalue weighted by atomic mass is 16.6. The van der Waals surface area contributed by atoms with Gasteiger partial charge in [-0.15, -0.1) is 13.2 Å². The number of esters is 4. The van der Waals surface area contributed by atoms with Gasteiger partial charge < -0.3 is 18.9 Å². The molecule has 0 heterocycles. The van der Waals surface area contributed by atoms with Crippen LogP contribution in [-0.4, -0.2) is 50.3 Å². The van der Waals surface area contributed by atoms with E-state index in [1.54, 1.807) is 58.1 Å². The Hall–Kier alpha value is -3.16. The Labute approximate surface area is 239 Å². The minimum absolute atomic E-state index is 0.0817. The molecule has 40 heavy (non-hydrogen) atoms. The lowest BCUT2D eigenvalue weighted by Crippen LogP contribution is -2.52. The van der Waals surface area contributed by atoms with Crippen LogP contribution in [0.3, 0.4) is 0 Å². The molecule has 0 aromatic heterocycles. The van der Waals surface area contributed by atoms with Gasteiger partial charge in [-0.1, -0.05) is 36.5 Å². The molecule has 0 bridgehead atoms. The van der Waals surface area contributed by atoms with Crippen LogP contribution in [-0.2, 0) is 38.1 Å². The average Bonchev–Trinajstić information content (AvgIpc) is 2.90. The van der Waals surface area contributed by atoms with Gasteiger partial charge in [0.05, 0.1) is 26.4 Å². The highest BCUT2D eigenvalue weighted by molar-refractivity contribution is 6.02. The Morgan fingerprint density at radius 3 is 1.57 bits per heavy atom. The summed E-state index contributed by atoms with van der Waals surface area (Å²) in [5, 5.41) is 0. The maximum Gasteiger partial charge on any atom is 0.324 e. The molecule has 0 aromatic rings. The van der Waals surface area contributed by atoms with Crippen LogP contribution < -0.4 is 0 Å². The molecule has 0 N–H and O–H groups in total. The summed E-state index contributed by atoms with van der Waals surface area (Å²) in [4.78, 5) is 54.9. The lowest BCUT2D eigenvalue weighted by atomic mass is 9.61. The monoisotopic (exact) mass is 560 g/mol. The van der Waals surface area contributed by atoms with Crippen molar-refractivity contribution in [3.8, 4) is 0 Å². The van der Waals surface area contributed by atoms with Gasteiger partial charge in [0, 0.05) is 5.92 Å². The molecule has 0 saturated carbocycles. The second-order valence-corrected chi connectivity index (χ2v) is 9.77. The Kier molecular flexibility index (Phi) is 15.9. The largest absolute Gasteiger partial charge is 0.465 e. The molecule has 0 fully saturated rings. The minimum atomic E-state index is -1.68. The van der Waals surface area contributed by atoms with E-state index in [1.165, 1.54) is 0 Å². The van der Waals surface area contributed by atoms with Gasteiger partial charge in [-0.05, 0) is 85.0 Å². The van der Waals surface area contributed by atoms with Crippen LogP contribution in [0.15, 0.2) is 49.6 Å². The number of hydrogen-bond donors (Lipinski definition) is 0. The van der Waals surface area contributed by atoms with Crippen LogP contribution in [0.25, 0.3) is 0 Å². The maximum atomic E-state index is 13.7. The fraction of sp³-hybridized carbons (Fsp3) is 0.625. The van der Waals surface area contributed by atoms with E-state index in [0.717, 1.165) is 0 Å². The standard InChI is InChI=1S/C32H48O8/c1-7-13-18-22-31(27(33)37-9-3,28(34)38-10-4)25-20-16-15-17-21-26(24-25)32(23-19-14-8-2,29(35)39-11-5)30(36)40-12-6/h7-8,15-17,20,25-26H,1-2,9-14,18-19,21-24H2,3-6H3/b17-15-,20-16-/t25-,26+/m1/s1. The molecule has 0 saturated heterocycles. The first-order valence-corrected chi connectivity index (χ1v) is 14.5. The third kappa shape index (κ3) is 8.42. The van der Waals surface area contributed by atoms with Gasteiger partial charge in [0.1, 0.15) is 0 Å². The number of carbonyl (C=O) groups excluding carboxylic acids is 4. The summed E-state index contributed by atoms with van der Waals surface area (Å²) in [7, 11) is 0. The van der Waals surface area contributed by atoms with Crippen LogP contribution in [0.1, 0.15) is 79.1 Å². The zero-order chi connectivity index (χ0) is 30.0. The first-order valence-electron chi connectivity index (χ1n) is 14.5. The molecule has 0 unspecified atom stereocenters. The van der Waals surface area contributed by atoms with Crippen molar-refractivity contribution >= 4 is 23.9 Å². The van der Waals surface area contributed by atoms with E-state index in [4.69, 9.17) is 18.9 Å². The summed E-state index contributed by atoms with van der Waals surface area (Å²) in [6.45, 7) is 14.6. The molecule has 1 aliphatic rings. The summed E-state index contributed by atoms with van der Waals surface area (Å²) in [6, 6.07) is 0. The number of allylic oxidation sites excluding steroid dienone is 6. The summed E-state index contributed by atoms with van der Waals surface area (Å²) in [5.41, 5.74) is -3.32. The summed E-state index contributed by atoms with van der Waals surface area (Å²) >= 11 is 0. The van der Waals surface area contributed by atoms with Crippen molar-refractivity contribution in [2.45, 2.75) is 79.1 Å². The number of unbranched alkanes of at least 4 members (excludes halogenated alkanes) is 2. The Bertz CT molecular complexity index is 880. The molecule has 8 nitrogen and oxygen atoms in total. The third-order valence-electron chi connectivity index (χ3n) is 7.40. The van der Waals surface area contributed by atoms with Crippen molar-refractivity contribution in [3.63, 3.8) is 0 Å². The number of ether oxygens (including phenoxy) is 4. The van der Waals surface area contributed by atoms with Crippen molar-refractivity contribution < 1.29 is 38.1 Å². The molecule has 8 heteroatoms. The van der Waals surface area contributed by atoms with Crippen molar-refractivity contribution in [2.24, 2.45) is 22.7 Å². The molecule has 2 atom stereocenters. The second-order valence-electron chi connectivity index (χ2n) is 9.77. The number of hydrogen-bond acceptors (Lipinski definition) is 8. The third-order valence-corrected chi connectivity index (χ3v) is 7.40. The van der Waals surface area contributed by atoms with E-state index >= 15 is 0 Å². The molecule has 0 radical (unpaired) electrons. The fourth-order valence-electron chi connectivity index (χ4n) is 5.46. The van der Waals surface area contributed by atoms with Crippen molar-refractivity contribution in [3.05, 3.63) is 49.6 Å². The SMILES string of the molecule is C=CCCCC(C(=O)OCC)(C(=O)OCC)[C@H]1C/C=C\C=C/[C@@H](C(CCCC=C)(C(=O)OCC)C(=O)OCC)C1. The van der Waals surface area contributed by atoms with Crippen molar-refractivity contribution in [1.29, 1.82) is 0 Å². The summed E-state index contributed by atoms with van der Waals surface area (Å²) in [5.74, 6) is -4.05. The first-order chi connectivity index (χ1) is 19.3. The van der Waals surface area contributed by atoms with Crippen LogP contribution in [0, 0.1) is 22.7 Å². The Morgan fingerprint density at radius 1 is 0.725 bits per heavy atom. The van der Waals surface area contributed by atoms with Gasteiger partial charge in [-0.2, -0.15) is 0 Å². The molecule has 1 rings (SSSR count). The van der Waals surface area contributed by atoms with E-state index < -0.39 is 46.5 Å². The van der Waals surface area contributed by atoms with E-state index in [-0.39, 0.29) is 45.7 Å². The smallest absolute Gasteiger partial charge is 0.324 e. The molecule has 1 aliphatic carbocycles. The molecule has 0 aromatic carbocycles. The predicted molar refractivity (Wildman–Crippen MR) is 154 cm³/mol. The van der Waals surface area contributed by atoms with Gasteiger partial charge in [0.2, 0.25) is 0 Å². The Morgan fingerprint density at radius 2 is 1.15 bits per heavy atom. The maximum absolute atomic E-state index is 13.7. The van der Waals surface area contributed by atoms with E-state index in [2.05, 4.69) is 13.2 Å². The van der Waals surface area contributed by atoms with Gasteiger partial charge in [-0.25, -0.2) is 0 Å². The lowest BCUT2D eigenvalue weighted by Gasteiger charge is -2.41. The van der Waals surface area contributed by atoms with Gasteiger partial charge in [0.15, 0.2) is 10.8 Å². The normalized spacial score (nSPS) is 18.8. The van der Waals surface area contributed by atoms with Crippen LogP contribution >= 0.6 is 0 Å². The zero-order valence-corrected chi connectivity index (χ0v) is 24.8. The molecular weight excluding hydrogens is 512 g/mol. The van der Waals surface area contributed by atoms with Gasteiger partial charge in [0.25, 0.3) is 0 Å². The highest BCUT2D eigenvalue weighted by Crippen LogP contribution is 2.49. The second kappa shape index (κ2) is 18.2.